The molecule has 3 aromatic heterocycles. The molecule has 1 N–H and O–H groups in total. The van der Waals surface area contributed by atoms with Gasteiger partial charge in [-0.05, 0) is 26.7 Å². The van der Waals surface area contributed by atoms with Gasteiger partial charge in [0, 0.05) is 12.4 Å². The lowest BCUT2D eigenvalue weighted by Crippen LogP contribution is -2.01. The third-order valence-corrected chi connectivity index (χ3v) is 2.92. The molecule has 0 amide bonds. The van der Waals surface area contributed by atoms with E-state index in [-0.39, 0.29) is 0 Å². The van der Waals surface area contributed by atoms with Gasteiger partial charge in [0.2, 0.25) is 0 Å². The number of nitrogens with one attached hydrogen (secondary N) is 1. The van der Waals surface area contributed by atoms with Crippen LogP contribution in [0.2, 0.25) is 0 Å². The highest BCUT2D eigenvalue weighted by molar-refractivity contribution is 5.76. The van der Waals surface area contributed by atoms with Crippen molar-refractivity contribution in [2.24, 2.45) is 0 Å². The molecule has 0 bridgehead atoms. The second-order valence-corrected chi connectivity index (χ2v) is 4.50. The van der Waals surface area contributed by atoms with E-state index in [2.05, 4.69) is 30.1 Å². The summed E-state index contributed by atoms with van der Waals surface area (Å²) >= 11 is 0. The molecule has 0 aliphatic heterocycles. The zero-order chi connectivity index (χ0) is 13.2. The van der Waals surface area contributed by atoms with Gasteiger partial charge in [-0.3, -0.25) is 15.1 Å². The van der Waals surface area contributed by atoms with Crippen LogP contribution >= 0.6 is 0 Å². The predicted octanol–water partition coefficient (Wildman–Crippen LogP) is 1.54. The van der Waals surface area contributed by atoms with Crippen LogP contribution in [-0.2, 0) is 12.8 Å². The Labute approximate surface area is 110 Å². The Hall–Kier alpha value is -2.37. The minimum absolute atomic E-state index is 0.752. The zero-order valence-electron chi connectivity index (χ0n) is 10.9. The number of aromatic nitrogens is 6. The largest absolute Gasteiger partial charge is 0.261 e. The Morgan fingerprint density at radius 2 is 1.89 bits per heavy atom. The predicted molar refractivity (Wildman–Crippen MR) is 70.6 cm³/mol. The smallest absolute Gasteiger partial charge is 0.159 e. The van der Waals surface area contributed by atoms with Crippen molar-refractivity contribution in [2.75, 3.05) is 0 Å². The molecule has 0 fully saturated rings. The molecule has 0 atom stereocenters. The van der Waals surface area contributed by atoms with Crippen molar-refractivity contribution in [1.29, 1.82) is 0 Å². The van der Waals surface area contributed by atoms with E-state index in [0.29, 0.717) is 0 Å². The Kier molecular flexibility index (Phi) is 2.91. The van der Waals surface area contributed by atoms with Gasteiger partial charge in [-0.2, -0.15) is 5.10 Å². The molecular formula is C13H14N6. The molecule has 3 heterocycles. The SMILES string of the molecule is Cc1cncc(CCc2nc(C)nc3[nH]ncc23)n1. The monoisotopic (exact) mass is 254 g/mol. The van der Waals surface area contributed by atoms with Crippen LogP contribution in [0.5, 0.6) is 0 Å². The molecule has 6 heteroatoms. The van der Waals surface area contributed by atoms with Crippen molar-refractivity contribution in [3.05, 3.63) is 41.5 Å². The van der Waals surface area contributed by atoms with E-state index in [0.717, 1.165) is 46.8 Å². The number of aromatic amines is 1. The lowest BCUT2D eigenvalue weighted by molar-refractivity contribution is 0.854. The standard InChI is InChI=1S/C13H14N6/c1-8-5-14-6-10(16-8)3-4-12-11-7-15-19-13(11)18-9(2)17-12/h5-7H,3-4H2,1-2H3,(H,15,17,18,19). The summed E-state index contributed by atoms with van der Waals surface area (Å²) in [6.45, 7) is 3.83. The average molecular weight is 254 g/mol. The van der Waals surface area contributed by atoms with Crippen molar-refractivity contribution in [1.82, 2.24) is 30.1 Å². The van der Waals surface area contributed by atoms with Gasteiger partial charge in [0.15, 0.2) is 5.65 Å². The number of hydrogen-bond donors (Lipinski definition) is 1. The van der Waals surface area contributed by atoms with Crippen LogP contribution < -0.4 is 0 Å². The number of rotatable bonds is 3. The van der Waals surface area contributed by atoms with E-state index < -0.39 is 0 Å². The quantitative estimate of drug-likeness (QED) is 0.767. The van der Waals surface area contributed by atoms with Gasteiger partial charge >= 0.3 is 0 Å². The highest BCUT2D eigenvalue weighted by Gasteiger charge is 2.08. The number of hydrogen-bond acceptors (Lipinski definition) is 5. The van der Waals surface area contributed by atoms with E-state index in [1.165, 1.54) is 0 Å². The van der Waals surface area contributed by atoms with Crippen LogP contribution in [-0.4, -0.2) is 30.1 Å². The fourth-order valence-electron chi connectivity index (χ4n) is 2.09. The van der Waals surface area contributed by atoms with Crippen LogP contribution in [0.25, 0.3) is 11.0 Å². The van der Waals surface area contributed by atoms with Gasteiger partial charge in [0.25, 0.3) is 0 Å². The first-order valence-electron chi connectivity index (χ1n) is 6.16. The molecule has 6 nitrogen and oxygen atoms in total. The van der Waals surface area contributed by atoms with E-state index in [1.807, 2.05) is 13.8 Å². The van der Waals surface area contributed by atoms with Gasteiger partial charge in [-0.25, -0.2) is 9.97 Å². The van der Waals surface area contributed by atoms with E-state index in [4.69, 9.17) is 0 Å². The zero-order valence-corrected chi connectivity index (χ0v) is 10.9. The number of nitrogens with zero attached hydrogens (tertiary/aromatic N) is 5. The molecule has 0 aliphatic rings. The Morgan fingerprint density at radius 3 is 2.74 bits per heavy atom. The second kappa shape index (κ2) is 4.72. The summed E-state index contributed by atoms with van der Waals surface area (Å²) in [4.78, 5) is 17.4. The molecule has 3 aromatic rings. The highest BCUT2D eigenvalue weighted by atomic mass is 15.1. The Bertz CT molecular complexity index is 718. The molecule has 96 valence electrons. The maximum atomic E-state index is 4.49. The Balaban J connectivity index is 1.87. The molecule has 19 heavy (non-hydrogen) atoms. The van der Waals surface area contributed by atoms with Crippen LogP contribution in [0.15, 0.2) is 18.6 Å². The molecule has 0 saturated carbocycles. The van der Waals surface area contributed by atoms with Crippen LogP contribution in [0.4, 0.5) is 0 Å². The highest BCUT2D eigenvalue weighted by Crippen LogP contribution is 2.14. The lowest BCUT2D eigenvalue weighted by Gasteiger charge is -2.03. The maximum absolute atomic E-state index is 4.49. The van der Waals surface area contributed by atoms with E-state index >= 15 is 0 Å². The van der Waals surface area contributed by atoms with Gasteiger partial charge in [0.05, 0.1) is 28.7 Å². The van der Waals surface area contributed by atoms with Gasteiger partial charge in [-0.15, -0.1) is 0 Å². The number of fused-ring (bicyclic) bond motifs is 1. The lowest BCUT2D eigenvalue weighted by atomic mass is 10.1. The van der Waals surface area contributed by atoms with Gasteiger partial charge < -0.3 is 0 Å². The molecule has 3 rings (SSSR count). The summed E-state index contributed by atoms with van der Waals surface area (Å²) in [6.07, 6.45) is 6.94. The first kappa shape index (κ1) is 11.7. The topological polar surface area (TPSA) is 80.2 Å². The summed E-state index contributed by atoms with van der Waals surface area (Å²) in [5.74, 6) is 0.752. The third kappa shape index (κ3) is 2.42. The van der Waals surface area contributed by atoms with Gasteiger partial charge in [0.1, 0.15) is 5.82 Å². The number of aryl methyl sites for hydroxylation is 4. The third-order valence-electron chi connectivity index (χ3n) is 2.92. The van der Waals surface area contributed by atoms with Gasteiger partial charge in [-0.1, -0.05) is 0 Å². The summed E-state index contributed by atoms with van der Waals surface area (Å²) in [5, 5.41) is 7.87. The second-order valence-electron chi connectivity index (χ2n) is 4.50. The molecule has 0 spiro atoms. The molecule has 0 unspecified atom stereocenters. The summed E-state index contributed by atoms with van der Waals surface area (Å²) in [7, 11) is 0. The Morgan fingerprint density at radius 1 is 1.00 bits per heavy atom. The summed E-state index contributed by atoms with van der Waals surface area (Å²) in [6, 6.07) is 0. The summed E-state index contributed by atoms with van der Waals surface area (Å²) < 4.78 is 0. The first-order valence-corrected chi connectivity index (χ1v) is 6.16. The van der Waals surface area contributed by atoms with Crippen LogP contribution in [0.3, 0.4) is 0 Å². The molecule has 0 saturated heterocycles. The normalized spacial score (nSPS) is 11.1. The molecule has 0 aliphatic carbocycles. The van der Waals surface area contributed by atoms with Crippen molar-refractivity contribution in [3.63, 3.8) is 0 Å². The molecule has 0 radical (unpaired) electrons. The average Bonchev–Trinajstić information content (AvgIpc) is 2.84. The fraction of sp³-hybridized carbons (Fsp3) is 0.308. The molecular weight excluding hydrogens is 240 g/mol. The first-order chi connectivity index (χ1) is 9.22. The number of H-pyrrole nitrogens is 1. The van der Waals surface area contributed by atoms with Crippen LogP contribution in [0, 0.1) is 13.8 Å². The van der Waals surface area contributed by atoms with E-state index in [1.54, 1.807) is 18.6 Å². The van der Waals surface area contributed by atoms with Crippen molar-refractivity contribution in [3.8, 4) is 0 Å². The minimum Gasteiger partial charge on any atom is -0.261 e. The fourth-order valence-corrected chi connectivity index (χ4v) is 2.09. The molecule has 0 aromatic carbocycles. The van der Waals surface area contributed by atoms with Crippen molar-refractivity contribution < 1.29 is 0 Å². The maximum Gasteiger partial charge on any atom is 0.159 e. The van der Waals surface area contributed by atoms with Crippen molar-refractivity contribution >= 4 is 11.0 Å². The minimum atomic E-state index is 0.752. The van der Waals surface area contributed by atoms with Crippen LogP contribution in [0.1, 0.15) is 22.9 Å². The van der Waals surface area contributed by atoms with Crippen molar-refractivity contribution in [2.45, 2.75) is 26.7 Å². The summed E-state index contributed by atoms with van der Waals surface area (Å²) in [5.41, 5.74) is 3.70. The van der Waals surface area contributed by atoms with E-state index in [9.17, 15) is 0 Å².